The molecule has 0 radical (unpaired) electrons. The zero-order valence-corrected chi connectivity index (χ0v) is 33.8. The monoisotopic (exact) mass is 786 g/mol. The van der Waals surface area contributed by atoms with Crippen molar-refractivity contribution < 1.29 is 23.9 Å². The fourth-order valence-corrected chi connectivity index (χ4v) is 10.3. The van der Waals surface area contributed by atoms with Gasteiger partial charge in [0, 0.05) is 31.2 Å². The summed E-state index contributed by atoms with van der Waals surface area (Å²) in [7, 11) is 3.21. The van der Waals surface area contributed by atoms with Crippen LogP contribution in [-0.4, -0.2) is 99.7 Å². The highest BCUT2D eigenvalue weighted by Crippen LogP contribution is 2.50. The molecule has 1 saturated carbocycles. The molecule has 58 heavy (non-hydrogen) atoms. The predicted octanol–water partition coefficient (Wildman–Crippen LogP) is 6.88. The number of H-pyrrole nitrogens is 2. The van der Waals surface area contributed by atoms with Crippen LogP contribution in [0.4, 0.5) is 4.79 Å². The number of nitrogens with one attached hydrogen (secondary N) is 4. The maximum atomic E-state index is 14.1. The van der Waals surface area contributed by atoms with Crippen molar-refractivity contribution in [1.82, 2.24) is 40.4 Å². The Kier molecular flexibility index (Phi) is 10.4. The molecule has 0 unspecified atom stereocenters. The molecule has 4 fully saturated rings. The highest BCUT2D eigenvalue weighted by molar-refractivity contribution is 6.05. The largest absolute Gasteiger partial charge is 0.453 e. The molecular weight excluding hydrogens is 733 g/mol. The molecule has 2 aromatic heterocycles. The van der Waals surface area contributed by atoms with Crippen LogP contribution in [0, 0.1) is 17.8 Å². The van der Waals surface area contributed by atoms with Crippen molar-refractivity contribution in [2.45, 2.75) is 89.0 Å². The molecule has 5 aromatic rings. The maximum absolute atomic E-state index is 14.1. The lowest BCUT2D eigenvalue weighted by atomic mass is 9.90. The number of benzene rings is 3. The zero-order valence-electron chi connectivity index (χ0n) is 33.8. The number of aromatic amines is 2. The van der Waals surface area contributed by atoms with Gasteiger partial charge in [-0.15, -0.1) is 0 Å². The first-order valence-electron chi connectivity index (χ1n) is 21.0. The number of piperidine rings is 1. The minimum atomic E-state index is -0.678. The molecule has 1 aliphatic carbocycles. The van der Waals surface area contributed by atoms with Gasteiger partial charge in [-0.05, 0) is 104 Å². The number of likely N-dealkylation sites (tertiary alicyclic amines) is 2. The summed E-state index contributed by atoms with van der Waals surface area (Å²) in [4.78, 5) is 61.1. The molecule has 3 aromatic carbocycles. The second-order valence-corrected chi connectivity index (χ2v) is 17.0. The Morgan fingerprint density at radius 2 is 1.67 bits per heavy atom. The molecule has 304 valence electrons. The van der Waals surface area contributed by atoms with Crippen molar-refractivity contribution in [3.05, 3.63) is 72.4 Å². The van der Waals surface area contributed by atoms with Crippen LogP contribution in [-0.2, 0) is 19.1 Å². The number of fused-ring (bicyclic) bond motifs is 5. The van der Waals surface area contributed by atoms with E-state index in [1.807, 2.05) is 36.9 Å². The van der Waals surface area contributed by atoms with Gasteiger partial charge < -0.3 is 39.9 Å². The van der Waals surface area contributed by atoms with Crippen molar-refractivity contribution in [2.75, 3.05) is 33.9 Å². The van der Waals surface area contributed by atoms with Gasteiger partial charge in [-0.25, -0.2) is 14.8 Å². The standard InChI is InChI=1S/C45H54N8O5/c1-25(2)37(51-45(56)57-4)44(55)53-32-14-11-31(23-32)40(53)42-48-34-16-13-30-22-29(12-15-33(30)39(34)50-42)26-7-9-27(10-8-26)35-24-47-41(49-35)36-6-5-19-52(36)43(54)38(46-3)28-17-20-58-21-18-28/h7-10,12-13,15-16,22,24-25,28,31-32,36-38,40,46H,5-6,11,14,17-21,23H2,1-4H3,(H,47,49)(H,48,50)(H,51,56)/t31-,32+,36-,37-,38-,40-/m0/s1. The smallest absolute Gasteiger partial charge is 0.407 e. The Labute approximate surface area is 338 Å². The van der Waals surface area contributed by atoms with Gasteiger partial charge in [0.05, 0.1) is 48.2 Å². The lowest BCUT2D eigenvalue weighted by molar-refractivity contribution is -0.139. The predicted molar refractivity (Wildman–Crippen MR) is 222 cm³/mol. The Bertz CT molecular complexity index is 2310. The first-order chi connectivity index (χ1) is 28.2. The zero-order chi connectivity index (χ0) is 40.1. The van der Waals surface area contributed by atoms with Gasteiger partial charge >= 0.3 is 6.09 Å². The fraction of sp³-hybridized carbons (Fsp3) is 0.489. The summed E-state index contributed by atoms with van der Waals surface area (Å²) in [6.45, 7) is 6.05. The molecule has 2 bridgehead atoms. The Balaban J connectivity index is 0.923. The van der Waals surface area contributed by atoms with Crippen LogP contribution in [0.15, 0.2) is 60.8 Å². The van der Waals surface area contributed by atoms with Gasteiger partial charge in [0.15, 0.2) is 0 Å². The molecule has 6 atom stereocenters. The summed E-state index contributed by atoms with van der Waals surface area (Å²) in [5.41, 5.74) is 6.00. The first kappa shape index (κ1) is 38.3. The van der Waals surface area contributed by atoms with Crippen molar-refractivity contribution in [2.24, 2.45) is 17.8 Å². The number of methoxy groups -OCH3 is 1. The molecule has 13 heteroatoms. The Hall–Kier alpha value is -5.27. The van der Waals surface area contributed by atoms with Gasteiger partial charge in [0.1, 0.15) is 17.7 Å². The van der Waals surface area contributed by atoms with E-state index in [1.54, 1.807) is 0 Å². The molecule has 4 N–H and O–H groups in total. The minimum Gasteiger partial charge on any atom is -0.453 e. The highest BCUT2D eigenvalue weighted by Gasteiger charge is 2.51. The van der Waals surface area contributed by atoms with Gasteiger partial charge in [-0.2, -0.15) is 0 Å². The quantitative estimate of drug-likeness (QED) is 0.119. The number of carbonyl (C=O) groups is 3. The number of nitrogens with zero attached hydrogens (tertiary/aromatic N) is 4. The van der Waals surface area contributed by atoms with Crippen LogP contribution < -0.4 is 10.6 Å². The number of hydrogen-bond donors (Lipinski definition) is 4. The second-order valence-electron chi connectivity index (χ2n) is 17.0. The molecule has 3 aliphatic heterocycles. The molecule has 3 saturated heterocycles. The van der Waals surface area contributed by atoms with Crippen molar-refractivity contribution in [3.63, 3.8) is 0 Å². The molecule has 5 heterocycles. The number of alkyl carbamates (subject to hydrolysis) is 1. The summed E-state index contributed by atoms with van der Waals surface area (Å²) in [6.07, 6.45) is 7.88. The third-order valence-electron chi connectivity index (χ3n) is 13.3. The average Bonchev–Trinajstić information content (AvgIpc) is 4.11. The van der Waals surface area contributed by atoms with E-state index in [1.165, 1.54) is 7.11 Å². The second kappa shape index (κ2) is 15.8. The van der Waals surface area contributed by atoms with Crippen LogP contribution in [0.1, 0.15) is 82.5 Å². The van der Waals surface area contributed by atoms with Crippen molar-refractivity contribution in [3.8, 4) is 22.4 Å². The number of carbonyl (C=O) groups excluding carboxylic acids is 3. The average molecular weight is 787 g/mol. The molecule has 0 spiro atoms. The number of hydrogen-bond acceptors (Lipinski definition) is 8. The lowest BCUT2D eigenvalue weighted by Gasteiger charge is -2.37. The summed E-state index contributed by atoms with van der Waals surface area (Å²) in [5.74, 6) is 2.22. The molecular formula is C45H54N8O5. The van der Waals surface area contributed by atoms with E-state index in [2.05, 4.69) is 75.2 Å². The summed E-state index contributed by atoms with van der Waals surface area (Å²) < 4.78 is 10.4. The van der Waals surface area contributed by atoms with Gasteiger partial charge in [-0.1, -0.05) is 56.3 Å². The van der Waals surface area contributed by atoms with E-state index >= 15 is 0 Å². The SMILES string of the molecule is CN[C@H](C(=O)N1CCC[C@H]1c1ncc(-c2ccc(-c3ccc4c(ccc5[nH]c([C@@H]6[C@H]7CC[C@H](C7)N6C(=O)[C@@H](NC(=O)OC)C(C)C)nc54)c3)cc2)[nH]1)C1CCOCC1. The van der Waals surface area contributed by atoms with E-state index in [9.17, 15) is 14.4 Å². The van der Waals surface area contributed by atoms with E-state index in [4.69, 9.17) is 19.4 Å². The van der Waals surface area contributed by atoms with Gasteiger partial charge in [0.2, 0.25) is 11.8 Å². The summed E-state index contributed by atoms with van der Waals surface area (Å²) in [5, 5.41) is 8.23. The third kappa shape index (κ3) is 6.91. The number of rotatable bonds is 10. The molecule has 9 rings (SSSR count). The van der Waals surface area contributed by atoms with E-state index in [0.717, 1.165) is 107 Å². The van der Waals surface area contributed by atoms with Crippen LogP contribution in [0.3, 0.4) is 0 Å². The number of imidazole rings is 2. The fourth-order valence-electron chi connectivity index (χ4n) is 10.3. The van der Waals surface area contributed by atoms with Crippen molar-refractivity contribution in [1.29, 1.82) is 0 Å². The molecule has 4 aliphatic rings. The Morgan fingerprint density at radius 3 is 2.43 bits per heavy atom. The number of aromatic nitrogens is 4. The lowest BCUT2D eigenvalue weighted by Crippen LogP contribution is -2.54. The van der Waals surface area contributed by atoms with Gasteiger partial charge in [-0.3, -0.25) is 9.59 Å². The maximum Gasteiger partial charge on any atom is 0.407 e. The summed E-state index contributed by atoms with van der Waals surface area (Å²) >= 11 is 0. The highest BCUT2D eigenvalue weighted by atomic mass is 16.5. The van der Waals surface area contributed by atoms with Crippen LogP contribution in [0.2, 0.25) is 0 Å². The van der Waals surface area contributed by atoms with Gasteiger partial charge in [0.25, 0.3) is 0 Å². The third-order valence-corrected chi connectivity index (χ3v) is 13.3. The van der Waals surface area contributed by atoms with E-state index in [-0.39, 0.29) is 47.8 Å². The van der Waals surface area contributed by atoms with E-state index in [0.29, 0.717) is 19.1 Å². The molecule has 13 nitrogen and oxygen atoms in total. The minimum absolute atomic E-state index is 0.0619. The molecule has 3 amide bonds. The number of likely N-dealkylation sites (N-methyl/N-ethyl adjacent to an activating group) is 1. The normalized spacial score (nSPS) is 23.3. The topological polar surface area (TPSA) is 158 Å². The van der Waals surface area contributed by atoms with E-state index < -0.39 is 12.1 Å². The van der Waals surface area contributed by atoms with Crippen LogP contribution in [0.25, 0.3) is 44.2 Å². The van der Waals surface area contributed by atoms with Crippen LogP contribution >= 0.6 is 0 Å². The number of amides is 3. The number of ether oxygens (including phenoxy) is 2. The van der Waals surface area contributed by atoms with Crippen molar-refractivity contribution >= 4 is 39.7 Å². The Morgan fingerprint density at radius 1 is 0.897 bits per heavy atom. The summed E-state index contributed by atoms with van der Waals surface area (Å²) in [6, 6.07) is 18.2. The first-order valence-corrected chi connectivity index (χ1v) is 21.0. The van der Waals surface area contributed by atoms with Crippen LogP contribution in [0.5, 0.6) is 0 Å².